The van der Waals surface area contributed by atoms with Crippen molar-refractivity contribution in [1.29, 1.82) is 0 Å². The van der Waals surface area contributed by atoms with E-state index in [9.17, 15) is 0 Å². The molecule has 1 aromatic heterocycles. The van der Waals surface area contributed by atoms with Crippen molar-refractivity contribution < 1.29 is 0 Å². The number of rotatable bonds is 8. The van der Waals surface area contributed by atoms with Gasteiger partial charge in [-0.2, -0.15) is 0 Å². The lowest BCUT2D eigenvalue weighted by molar-refractivity contribution is 0.296. The van der Waals surface area contributed by atoms with E-state index in [0.717, 1.165) is 32.7 Å². The first-order chi connectivity index (χ1) is 9.81. The normalized spacial score (nSPS) is 11.2. The van der Waals surface area contributed by atoms with Crippen molar-refractivity contribution in [1.82, 2.24) is 15.2 Å². The van der Waals surface area contributed by atoms with Crippen molar-refractivity contribution in [2.75, 3.05) is 13.1 Å². The summed E-state index contributed by atoms with van der Waals surface area (Å²) in [5.41, 5.74) is 3.95. The molecule has 0 amide bonds. The Labute approximate surface area is 122 Å². The Balaban J connectivity index is 1.79. The van der Waals surface area contributed by atoms with Gasteiger partial charge < -0.3 is 10.3 Å². The Morgan fingerprint density at radius 1 is 0.950 bits per heavy atom. The maximum Gasteiger partial charge on any atom is 0.0360 e. The fourth-order valence-corrected chi connectivity index (χ4v) is 2.29. The van der Waals surface area contributed by atoms with Gasteiger partial charge in [-0.1, -0.05) is 38.1 Å². The van der Waals surface area contributed by atoms with Crippen LogP contribution in [0, 0.1) is 0 Å². The van der Waals surface area contributed by atoms with E-state index in [4.69, 9.17) is 0 Å². The predicted octanol–water partition coefficient (Wildman–Crippen LogP) is 3.15. The second-order valence-corrected chi connectivity index (χ2v) is 5.08. The summed E-state index contributed by atoms with van der Waals surface area (Å²) in [7, 11) is 0. The van der Waals surface area contributed by atoms with Gasteiger partial charge in [0, 0.05) is 31.5 Å². The molecule has 0 atom stereocenters. The lowest BCUT2D eigenvalue weighted by Gasteiger charge is -2.18. The molecule has 20 heavy (non-hydrogen) atoms. The summed E-state index contributed by atoms with van der Waals surface area (Å²) in [4.78, 5) is 5.63. The zero-order valence-electron chi connectivity index (χ0n) is 12.5. The molecule has 0 aliphatic rings. The van der Waals surface area contributed by atoms with Crippen molar-refractivity contribution >= 4 is 0 Å². The van der Waals surface area contributed by atoms with E-state index in [0.29, 0.717) is 0 Å². The monoisotopic (exact) mass is 271 g/mol. The molecule has 0 fully saturated rings. The summed E-state index contributed by atoms with van der Waals surface area (Å²) >= 11 is 0. The molecule has 0 saturated carbocycles. The standard InChI is InChI=1S/C17H25N3/c1-3-20(4-2)14-16-9-7-15(8-10-16)12-18-13-17-6-5-11-19-17/h5-11,18-19H,3-4,12-14H2,1-2H3. The van der Waals surface area contributed by atoms with E-state index in [-0.39, 0.29) is 0 Å². The van der Waals surface area contributed by atoms with Crippen LogP contribution in [0.1, 0.15) is 30.7 Å². The van der Waals surface area contributed by atoms with Crippen LogP contribution in [0.5, 0.6) is 0 Å². The van der Waals surface area contributed by atoms with Crippen molar-refractivity contribution in [3.05, 3.63) is 59.4 Å². The number of nitrogens with one attached hydrogen (secondary N) is 2. The van der Waals surface area contributed by atoms with Crippen LogP contribution in [-0.4, -0.2) is 23.0 Å². The van der Waals surface area contributed by atoms with Crippen LogP contribution in [0.25, 0.3) is 0 Å². The molecule has 2 N–H and O–H groups in total. The molecule has 0 unspecified atom stereocenters. The summed E-state index contributed by atoms with van der Waals surface area (Å²) in [6.45, 7) is 9.47. The average molecular weight is 271 g/mol. The van der Waals surface area contributed by atoms with Crippen LogP contribution in [0.2, 0.25) is 0 Å². The third-order valence-electron chi connectivity index (χ3n) is 3.63. The largest absolute Gasteiger partial charge is 0.364 e. The Kier molecular flexibility index (Phi) is 5.84. The number of benzene rings is 1. The molecule has 2 rings (SSSR count). The third kappa shape index (κ3) is 4.51. The summed E-state index contributed by atoms with van der Waals surface area (Å²) in [5, 5.41) is 3.44. The Morgan fingerprint density at radius 2 is 1.65 bits per heavy atom. The SMILES string of the molecule is CCN(CC)Cc1ccc(CNCc2ccc[nH]2)cc1. The van der Waals surface area contributed by atoms with Gasteiger partial charge in [-0.05, 0) is 36.3 Å². The van der Waals surface area contributed by atoms with Gasteiger partial charge in [0.1, 0.15) is 0 Å². The van der Waals surface area contributed by atoms with Crippen molar-refractivity contribution in [3.63, 3.8) is 0 Å². The van der Waals surface area contributed by atoms with Crippen molar-refractivity contribution in [2.45, 2.75) is 33.5 Å². The molecular formula is C17H25N3. The minimum absolute atomic E-state index is 0.883. The summed E-state index contributed by atoms with van der Waals surface area (Å²) < 4.78 is 0. The van der Waals surface area contributed by atoms with Crippen LogP contribution >= 0.6 is 0 Å². The molecule has 0 aliphatic carbocycles. The minimum Gasteiger partial charge on any atom is -0.364 e. The highest BCUT2D eigenvalue weighted by Gasteiger charge is 2.01. The number of hydrogen-bond donors (Lipinski definition) is 2. The van der Waals surface area contributed by atoms with Crippen LogP contribution < -0.4 is 5.32 Å². The van der Waals surface area contributed by atoms with Crippen LogP contribution in [0.3, 0.4) is 0 Å². The maximum absolute atomic E-state index is 3.44. The maximum atomic E-state index is 3.44. The molecule has 108 valence electrons. The fourth-order valence-electron chi connectivity index (χ4n) is 2.29. The second-order valence-electron chi connectivity index (χ2n) is 5.08. The average Bonchev–Trinajstić information content (AvgIpc) is 2.99. The quantitative estimate of drug-likeness (QED) is 0.773. The summed E-state index contributed by atoms with van der Waals surface area (Å²) in [5.74, 6) is 0. The van der Waals surface area contributed by atoms with E-state index in [2.05, 4.69) is 59.4 Å². The topological polar surface area (TPSA) is 31.1 Å². The van der Waals surface area contributed by atoms with E-state index in [1.165, 1.54) is 16.8 Å². The van der Waals surface area contributed by atoms with E-state index >= 15 is 0 Å². The zero-order valence-corrected chi connectivity index (χ0v) is 12.5. The molecule has 0 bridgehead atoms. The number of hydrogen-bond acceptors (Lipinski definition) is 2. The highest BCUT2D eigenvalue weighted by Crippen LogP contribution is 2.07. The number of H-pyrrole nitrogens is 1. The van der Waals surface area contributed by atoms with Gasteiger partial charge in [0.05, 0.1) is 0 Å². The molecule has 0 saturated heterocycles. The molecule has 1 aromatic carbocycles. The fraction of sp³-hybridized carbons (Fsp3) is 0.412. The van der Waals surface area contributed by atoms with Crippen molar-refractivity contribution in [2.24, 2.45) is 0 Å². The van der Waals surface area contributed by atoms with Gasteiger partial charge >= 0.3 is 0 Å². The van der Waals surface area contributed by atoms with Gasteiger partial charge in [-0.25, -0.2) is 0 Å². The molecule has 1 heterocycles. The predicted molar refractivity (Wildman–Crippen MR) is 84.4 cm³/mol. The van der Waals surface area contributed by atoms with E-state index < -0.39 is 0 Å². The minimum atomic E-state index is 0.883. The van der Waals surface area contributed by atoms with Gasteiger partial charge in [-0.3, -0.25) is 4.90 Å². The van der Waals surface area contributed by atoms with Gasteiger partial charge in [0.2, 0.25) is 0 Å². The first kappa shape index (κ1) is 14.8. The van der Waals surface area contributed by atoms with Crippen molar-refractivity contribution in [3.8, 4) is 0 Å². The Hall–Kier alpha value is -1.58. The Morgan fingerprint density at radius 3 is 2.25 bits per heavy atom. The highest BCUT2D eigenvalue weighted by molar-refractivity contribution is 5.22. The molecule has 3 heteroatoms. The molecule has 0 radical (unpaired) electrons. The van der Waals surface area contributed by atoms with Crippen LogP contribution in [0.4, 0.5) is 0 Å². The number of aromatic amines is 1. The lowest BCUT2D eigenvalue weighted by atomic mass is 10.1. The molecular weight excluding hydrogens is 246 g/mol. The van der Waals surface area contributed by atoms with E-state index in [1.54, 1.807) is 0 Å². The number of nitrogens with zero attached hydrogens (tertiary/aromatic N) is 1. The van der Waals surface area contributed by atoms with Gasteiger partial charge in [0.25, 0.3) is 0 Å². The highest BCUT2D eigenvalue weighted by atomic mass is 15.1. The second kappa shape index (κ2) is 7.88. The van der Waals surface area contributed by atoms with Crippen LogP contribution in [-0.2, 0) is 19.6 Å². The van der Waals surface area contributed by atoms with Gasteiger partial charge in [0.15, 0.2) is 0 Å². The smallest absolute Gasteiger partial charge is 0.0360 e. The zero-order chi connectivity index (χ0) is 14.2. The van der Waals surface area contributed by atoms with Crippen LogP contribution in [0.15, 0.2) is 42.6 Å². The first-order valence-corrected chi connectivity index (χ1v) is 7.45. The first-order valence-electron chi connectivity index (χ1n) is 7.45. The summed E-state index contributed by atoms with van der Waals surface area (Å²) in [6, 6.07) is 13.0. The summed E-state index contributed by atoms with van der Waals surface area (Å²) in [6.07, 6.45) is 1.96. The molecule has 2 aromatic rings. The van der Waals surface area contributed by atoms with E-state index in [1.807, 2.05) is 12.3 Å². The molecule has 0 spiro atoms. The lowest BCUT2D eigenvalue weighted by Crippen LogP contribution is -2.22. The van der Waals surface area contributed by atoms with Gasteiger partial charge in [-0.15, -0.1) is 0 Å². The molecule has 3 nitrogen and oxygen atoms in total. The Bertz CT molecular complexity index is 469. The molecule has 0 aliphatic heterocycles. The third-order valence-corrected chi connectivity index (χ3v) is 3.63. The number of aromatic nitrogens is 1.